The van der Waals surface area contributed by atoms with E-state index in [9.17, 15) is 4.79 Å². The van der Waals surface area contributed by atoms with E-state index in [1.807, 2.05) is 18.2 Å². The first-order valence-corrected chi connectivity index (χ1v) is 9.94. The van der Waals surface area contributed by atoms with Gasteiger partial charge in [-0.2, -0.15) is 0 Å². The number of piperidine rings is 1. The molecule has 0 radical (unpaired) electrons. The van der Waals surface area contributed by atoms with Crippen molar-refractivity contribution in [1.82, 2.24) is 4.90 Å². The normalized spacial score (nSPS) is 16.3. The van der Waals surface area contributed by atoms with E-state index in [0.717, 1.165) is 30.4 Å². The molecule has 1 atom stereocenters. The third kappa shape index (κ3) is 5.33. The largest absolute Gasteiger partial charge is 0.465 e. The first-order valence-electron chi connectivity index (χ1n) is 9.94. The molecule has 144 valence electrons. The van der Waals surface area contributed by atoms with Crippen LogP contribution < -0.4 is 0 Å². The van der Waals surface area contributed by atoms with Gasteiger partial charge in [0.1, 0.15) is 6.10 Å². The lowest BCUT2D eigenvalue weighted by molar-refractivity contribution is -0.0240. The van der Waals surface area contributed by atoms with Crippen LogP contribution in [0.1, 0.15) is 55.4 Å². The number of aryl methyl sites for hydroxylation is 1. The Balaban J connectivity index is 1.73. The molecule has 1 amide bonds. The first kappa shape index (κ1) is 19.4. The van der Waals surface area contributed by atoms with Crippen LogP contribution in [0.2, 0.25) is 0 Å². The van der Waals surface area contributed by atoms with Crippen molar-refractivity contribution in [3.63, 3.8) is 0 Å². The van der Waals surface area contributed by atoms with Crippen LogP contribution in [0.5, 0.6) is 0 Å². The number of nitrogens with zero attached hydrogens (tertiary/aromatic N) is 1. The average Bonchev–Trinajstić information content (AvgIpc) is 2.72. The Morgan fingerprint density at radius 1 is 1.07 bits per heavy atom. The van der Waals surface area contributed by atoms with E-state index in [-0.39, 0.29) is 12.2 Å². The van der Waals surface area contributed by atoms with E-state index in [0.29, 0.717) is 13.1 Å². The van der Waals surface area contributed by atoms with Crippen LogP contribution in [0.4, 0.5) is 4.79 Å². The lowest BCUT2D eigenvalue weighted by Gasteiger charge is -2.33. The molecule has 1 unspecified atom stereocenters. The van der Waals surface area contributed by atoms with Gasteiger partial charge in [-0.05, 0) is 42.4 Å². The number of rotatable bonds is 7. The maximum absolute atomic E-state index is 11.1. The molecule has 4 heteroatoms. The van der Waals surface area contributed by atoms with Crippen molar-refractivity contribution in [1.29, 1.82) is 0 Å². The molecule has 0 spiro atoms. The van der Waals surface area contributed by atoms with Crippen molar-refractivity contribution in [3.05, 3.63) is 71.3 Å². The van der Waals surface area contributed by atoms with Crippen molar-refractivity contribution in [3.8, 4) is 0 Å². The highest BCUT2D eigenvalue weighted by Gasteiger charge is 2.26. The zero-order chi connectivity index (χ0) is 19.1. The quantitative estimate of drug-likeness (QED) is 0.724. The van der Waals surface area contributed by atoms with E-state index in [1.54, 1.807) is 0 Å². The number of likely N-dealkylation sites (tertiary alicyclic amines) is 1. The second-order valence-electron chi connectivity index (χ2n) is 7.24. The van der Waals surface area contributed by atoms with Gasteiger partial charge in [-0.25, -0.2) is 4.79 Å². The molecule has 1 aliphatic rings. The number of unbranched alkanes of at least 4 members (excludes halogenated alkanes) is 1. The molecular weight excluding hydrogens is 338 g/mol. The predicted molar refractivity (Wildman–Crippen MR) is 107 cm³/mol. The Kier molecular flexibility index (Phi) is 6.88. The molecular formula is C23H29NO3. The number of hydrogen-bond acceptors (Lipinski definition) is 2. The van der Waals surface area contributed by atoms with Gasteiger partial charge in [0.15, 0.2) is 0 Å². The van der Waals surface area contributed by atoms with Crippen LogP contribution in [0.3, 0.4) is 0 Å². The molecule has 1 heterocycles. The van der Waals surface area contributed by atoms with E-state index in [4.69, 9.17) is 9.84 Å². The van der Waals surface area contributed by atoms with E-state index >= 15 is 0 Å². The fourth-order valence-electron chi connectivity index (χ4n) is 3.59. The molecule has 1 fully saturated rings. The number of amides is 1. The van der Waals surface area contributed by atoms with Gasteiger partial charge in [0, 0.05) is 13.1 Å². The van der Waals surface area contributed by atoms with Gasteiger partial charge in [-0.3, -0.25) is 0 Å². The highest BCUT2D eigenvalue weighted by atomic mass is 16.5. The van der Waals surface area contributed by atoms with Gasteiger partial charge in [-0.15, -0.1) is 0 Å². The fraction of sp³-hybridized carbons (Fsp3) is 0.435. The zero-order valence-electron chi connectivity index (χ0n) is 16.0. The molecule has 2 aromatic rings. The van der Waals surface area contributed by atoms with Crippen LogP contribution in [-0.4, -0.2) is 35.3 Å². The van der Waals surface area contributed by atoms with Crippen LogP contribution in [0, 0.1) is 0 Å². The third-order valence-electron chi connectivity index (χ3n) is 5.24. The summed E-state index contributed by atoms with van der Waals surface area (Å²) in [5.74, 6) is 0. The minimum absolute atomic E-state index is 0.0746. The summed E-state index contributed by atoms with van der Waals surface area (Å²) in [5.41, 5.74) is 3.66. The molecule has 1 N–H and O–H groups in total. The molecule has 0 bridgehead atoms. The van der Waals surface area contributed by atoms with Gasteiger partial charge in [0.2, 0.25) is 0 Å². The SMILES string of the molecule is CCCCc1ccc(C(OC2CCN(C(=O)O)CC2)c2ccccc2)cc1. The maximum atomic E-state index is 11.1. The highest BCUT2D eigenvalue weighted by molar-refractivity contribution is 5.65. The summed E-state index contributed by atoms with van der Waals surface area (Å²) in [7, 11) is 0. The van der Waals surface area contributed by atoms with Crippen LogP contribution in [0.25, 0.3) is 0 Å². The van der Waals surface area contributed by atoms with Crippen molar-refractivity contribution in [2.75, 3.05) is 13.1 Å². The minimum Gasteiger partial charge on any atom is -0.465 e. The number of ether oxygens (including phenoxy) is 1. The molecule has 3 rings (SSSR count). The second kappa shape index (κ2) is 9.56. The Hall–Kier alpha value is -2.33. The summed E-state index contributed by atoms with van der Waals surface area (Å²) in [6.07, 6.45) is 4.12. The van der Waals surface area contributed by atoms with Crippen molar-refractivity contribution in [2.24, 2.45) is 0 Å². The Labute approximate surface area is 161 Å². The summed E-state index contributed by atoms with van der Waals surface area (Å²) in [6, 6.07) is 19.0. The molecule has 4 nitrogen and oxygen atoms in total. The Bertz CT molecular complexity index is 706. The summed E-state index contributed by atoms with van der Waals surface area (Å²) >= 11 is 0. The zero-order valence-corrected chi connectivity index (χ0v) is 16.0. The van der Waals surface area contributed by atoms with E-state index in [2.05, 4.69) is 43.3 Å². The summed E-state index contributed by atoms with van der Waals surface area (Å²) in [5, 5.41) is 9.14. The smallest absolute Gasteiger partial charge is 0.407 e. The van der Waals surface area contributed by atoms with Gasteiger partial charge < -0.3 is 14.7 Å². The monoisotopic (exact) mass is 367 g/mol. The summed E-state index contributed by atoms with van der Waals surface area (Å²) in [6.45, 7) is 3.29. The van der Waals surface area contributed by atoms with Gasteiger partial charge in [0.05, 0.1) is 6.10 Å². The van der Waals surface area contributed by atoms with Crippen LogP contribution in [0.15, 0.2) is 54.6 Å². The Morgan fingerprint density at radius 3 is 2.30 bits per heavy atom. The first-order chi connectivity index (χ1) is 13.2. The number of benzene rings is 2. The third-order valence-corrected chi connectivity index (χ3v) is 5.24. The maximum Gasteiger partial charge on any atom is 0.407 e. The molecule has 0 aromatic heterocycles. The van der Waals surface area contributed by atoms with Gasteiger partial charge in [0.25, 0.3) is 0 Å². The van der Waals surface area contributed by atoms with Crippen LogP contribution in [-0.2, 0) is 11.2 Å². The number of carbonyl (C=O) groups is 1. The topological polar surface area (TPSA) is 49.8 Å². The molecule has 27 heavy (non-hydrogen) atoms. The Morgan fingerprint density at radius 2 is 1.70 bits per heavy atom. The second-order valence-corrected chi connectivity index (χ2v) is 7.24. The summed E-state index contributed by atoms with van der Waals surface area (Å²) < 4.78 is 6.49. The van der Waals surface area contributed by atoms with Crippen LogP contribution >= 0.6 is 0 Å². The molecule has 1 saturated heterocycles. The standard InChI is InChI=1S/C23H29NO3/c1-2-3-7-18-10-12-20(13-11-18)22(19-8-5-4-6-9-19)27-21-14-16-24(17-15-21)23(25)26/h4-6,8-13,21-22H,2-3,7,14-17H2,1H3,(H,25,26). The lowest BCUT2D eigenvalue weighted by Crippen LogP contribution is -2.40. The minimum atomic E-state index is -0.837. The van der Waals surface area contributed by atoms with Crippen molar-refractivity contribution in [2.45, 2.75) is 51.2 Å². The summed E-state index contributed by atoms with van der Waals surface area (Å²) in [4.78, 5) is 12.6. The average molecular weight is 367 g/mol. The van der Waals surface area contributed by atoms with E-state index < -0.39 is 6.09 Å². The molecule has 1 aliphatic heterocycles. The fourth-order valence-corrected chi connectivity index (χ4v) is 3.59. The lowest BCUT2D eigenvalue weighted by atomic mass is 9.98. The van der Waals surface area contributed by atoms with Crippen molar-refractivity contribution < 1.29 is 14.6 Å². The molecule has 2 aromatic carbocycles. The highest BCUT2D eigenvalue weighted by Crippen LogP contribution is 2.30. The number of carboxylic acid groups (broad SMARTS) is 1. The molecule has 0 saturated carbocycles. The van der Waals surface area contributed by atoms with Crippen molar-refractivity contribution >= 4 is 6.09 Å². The predicted octanol–water partition coefficient (Wildman–Crippen LogP) is 5.28. The van der Waals surface area contributed by atoms with Gasteiger partial charge in [-0.1, -0.05) is 67.9 Å². The van der Waals surface area contributed by atoms with E-state index in [1.165, 1.54) is 23.3 Å². The molecule has 0 aliphatic carbocycles. The number of hydrogen-bond donors (Lipinski definition) is 1. The van der Waals surface area contributed by atoms with Gasteiger partial charge >= 0.3 is 6.09 Å².